The number of carbonyl (C=O) groups excluding carboxylic acids is 1. The number of ether oxygens (including phenoxy) is 1. The van der Waals surface area contributed by atoms with E-state index in [0.717, 1.165) is 30.6 Å². The molecule has 0 bridgehead atoms. The lowest BCUT2D eigenvalue weighted by Crippen LogP contribution is -2.18. The molecule has 0 aromatic heterocycles. The van der Waals surface area contributed by atoms with Gasteiger partial charge in [0.25, 0.3) is 0 Å². The predicted molar refractivity (Wildman–Crippen MR) is 84.1 cm³/mol. The molecule has 2 nitrogen and oxygen atoms in total. The first-order valence-electron chi connectivity index (χ1n) is 7.64. The monoisotopic (exact) mass is 280 g/mol. The van der Waals surface area contributed by atoms with E-state index in [-0.39, 0.29) is 11.7 Å². The van der Waals surface area contributed by atoms with E-state index in [1.165, 1.54) is 11.1 Å². The largest absolute Gasteiger partial charge is 0.494 e. The topological polar surface area (TPSA) is 26.3 Å². The van der Waals surface area contributed by atoms with Gasteiger partial charge in [0.1, 0.15) is 5.75 Å². The second-order valence-electron chi connectivity index (χ2n) is 5.47. The summed E-state index contributed by atoms with van der Waals surface area (Å²) in [6.45, 7) is 2.57. The molecule has 1 atom stereocenters. The van der Waals surface area contributed by atoms with Gasteiger partial charge in [-0.1, -0.05) is 36.4 Å². The highest BCUT2D eigenvalue weighted by Gasteiger charge is 2.27. The number of ketones is 1. The lowest BCUT2D eigenvalue weighted by atomic mass is 9.79. The average molecular weight is 280 g/mol. The summed E-state index contributed by atoms with van der Waals surface area (Å²) in [6, 6.07) is 15.9. The first-order chi connectivity index (χ1) is 10.3. The Morgan fingerprint density at radius 3 is 2.90 bits per heavy atom. The SMILES string of the molecule is CCOc1cccc(C(=O)C2CCCc3ccccc32)c1. The summed E-state index contributed by atoms with van der Waals surface area (Å²) in [5.74, 6) is 0.975. The van der Waals surface area contributed by atoms with E-state index in [4.69, 9.17) is 4.74 Å². The lowest BCUT2D eigenvalue weighted by Gasteiger charge is -2.24. The fourth-order valence-corrected chi connectivity index (χ4v) is 3.13. The molecule has 108 valence electrons. The van der Waals surface area contributed by atoms with Crippen LogP contribution in [-0.4, -0.2) is 12.4 Å². The van der Waals surface area contributed by atoms with Crippen LogP contribution in [0.5, 0.6) is 5.75 Å². The Labute approximate surface area is 125 Å². The van der Waals surface area contributed by atoms with Gasteiger partial charge in [0.2, 0.25) is 0 Å². The molecule has 2 aromatic carbocycles. The first kappa shape index (κ1) is 13.9. The Morgan fingerprint density at radius 2 is 2.05 bits per heavy atom. The highest BCUT2D eigenvalue weighted by atomic mass is 16.5. The van der Waals surface area contributed by atoms with Crippen LogP contribution in [-0.2, 0) is 6.42 Å². The third-order valence-electron chi connectivity index (χ3n) is 4.12. The van der Waals surface area contributed by atoms with Crippen LogP contribution in [0.15, 0.2) is 48.5 Å². The maximum Gasteiger partial charge on any atom is 0.170 e. The van der Waals surface area contributed by atoms with Crippen molar-refractivity contribution in [1.82, 2.24) is 0 Å². The van der Waals surface area contributed by atoms with E-state index < -0.39 is 0 Å². The van der Waals surface area contributed by atoms with Crippen molar-refractivity contribution < 1.29 is 9.53 Å². The van der Waals surface area contributed by atoms with Crippen molar-refractivity contribution in [2.45, 2.75) is 32.1 Å². The molecule has 2 heteroatoms. The second kappa shape index (κ2) is 6.13. The zero-order valence-corrected chi connectivity index (χ0v) is 12.3. The van der Waals surface area contributed by atoms with Crippen molar-refractivity contribution in [2.75, 3.05) is 6.61 Å². The lowest BCUT2D eigenvalue weighted by molar-refractivity contribution is 0.0950. The average Bonchev–Trinajstić information content (AvgIpc) is 2.54. The Bertz CT molecular complexity index is 646. The van der Waals surface area contributed by atoms with Crippen LogP contribution in [0.4, 0.5) is 0 Å². The molecule has 1 unspecified atom stereocenters. The number of benzene rings is 2. The quantitative estimate of drug-likeness (QED) is 0.776. The van der Waals surface area contributed by atoms with Crippen molar-refractivity contribution in [3.8, 4) is 5.75 Å². The van der Waals surface area contributed by atoms with Gasteiger partial charge in [-0.25, -0.2) is 0 Å². The zero-order chi connectivity index (χ0) is 14.7. The van der Waals surface area contributed by atoms with Gasteiger partial charge in [-0.2, -0.15) is 0 Å². The number of carbonyl (C=O) groups is 1. The minimum absolute atomic E-state index is 0.00757. The van der Waals surface area contributed by atoms with Gasteiger partial charge in [0.15, 0.2) is 5.78 Å². The van der Waals surface area contributed by atoms with E-state index in [2.05, 4.69) is 18.2 Å². The van der Waals surface area contributed by atoms with Gasteiger partial charge in [-0.05, 0) is 49.4 Å². The number of fused-ring (bicyclic) bond motifs is 1. The van der Waals surface area contributed by atoms with E-state index in [1.54, 1.807) is 0 Å². The Balaban J connectivity index is 1.91. The van der Waals surface area contributed by atoms with Crippen LogP contribution < -0.4 is 4.74 Å². The molecule has 0 heterocycles. The molecule has 0 saturated heterocycles. The molecular weight excluding hydrogens is 260 g/mol. The van der Waals surface area contributed by atoms with E-state index in [1.807, 2.05) is 37.3 Å². The van der Waals surface area contributed by atoms with Crippen LogP contribution in [0.3, 0.4) is 0 Å². The summed E-state index contributed by atoms with van der Waals surface area (Å²) in [5, 5.41) is 0. The molecule has 0 amide bonds. The molecule has 1 aliphatic carbocycles. The molecular formula is C19H20O2. The third kappa shape index (κ3) is 2.85. The maximum atomic E-state index is 12.9. The maximum absolute atomic E-state index is 12.9. The molecule has 0 aliphatic heterocycles. The molecule has 0 spiro atoms. The van der Waals surface area contributed by atoms with Gasteiger partial charge < -0.3 is 4.74 Å². The third-order valence-corrected chi connectivity index (χ3v) is 4.12. The van der Waals surface area contributed by atoms with Crippen molar-refractivity contribution in [2.24, 2.45) is 0 Å². The molecule has 3 rings (SSSR count). The van der Waals surface area contributed by atoms with Crippen LogP contribution >= 0.6 is 0 Å². The van der Waals surface area contributed by atoms with Crippen LogP contribution in [0.2, 0.25) is 0 Å². The highest BCUT2D eigenvalue weighted by Crippen LogP contribution is 2.34. The molecule has 0 radical (unpaired) electrons. The van der Waals surface area contributed by atoms with Crippen molar-refractivity contribution in [1.29, 1.82) is 0 Å². The first-order valence-corrected chi connectivity index (χ1v) is 7.64. The van der Waals surface area contributed by atoms with Crippen LogP contribution in [0.25, 0.3) is 0 Å². The normalized spacial score (nSPS) is 17.1. The molecule has 0 N–H and O–H groups in total. The number of Topliss-reactive ketones (excluding diaryl/α,β-unsaturated/α-hetero) is 1. The van der Waals surface area contributed by atoms with Gasteiger partial charge in [-0.3, -0.25) is 4.79 Å². The Kier molecular flexibility index (Phi) is 4.05. The summed E-state index contributed by atoms with van der Waals surface area (Å²) >= 11 is 0. The van der Waals surface area contributed by atoms with Gasteiger partial charge in [0.05, 0.1) is 6.61 Å². The number of rotatable bonds is 4. The summed E-state index contributed by atoms with van der Waals surface area (Å²) in [5.41, 5.74) is 3.28. The van der Waals surface area contributed by atoms with Crippen molar-refractivity contribution >= 4 is 5.78 Å². The molecule has 1 aliphatic rings. The predicted octanol–water partition coefficient (Wildman–Crippen LogP) is 4.39. The molecule has 0 fully saturated rings. The summed E-state index contributed by atoms with van der Waals surface area (Å²) in [7, 11) is 0. The molecule has 2 aromatic rings. The van der Waals surface area contributed by atoms with Crippen molar-refractivity contribution in [3.05, 3.63) is 65.2 Å². The minimum Gasteiger partial charge on any atom is -0.494 e. The van der Waals surface area contributed by atoms with E-state index in [9.17, 15) is 4.79 Å². The number of hydrogen-bond acceptors (Lipinski definition) is 2. The van der Waals surface area contributed by atoms with Crippen molar-refractivity contribution in [3.63, 3.8) is 0 Å². The van der Waals surface area contributed by atoms with Gasteiger partial charge in [0, 0.05) is 11.5 Å². The van der Waals surface area contributed by atoms with Crippen LogP contribution in [0.1, 0.15) is 47.2 Å². The zero-order valence-electron chi connectivity index (χ0n) is 12.3. The molecule has 0 saturated carbocycles. The number of hydrogen-bond donors (Lipinski definition) is 0. The second-order valence-corrected chi connectivity index (χ2v) is 5.47. The minimum atomic E-state index is -0.00757. The van der Waals surface area contributed by atoms with Gasteiger partial charge in [-0.15, -0.1) is 0 Å². The standard InChI is InChI=1S/C19H20O2/c1-2-21-16-10-5-9-15(13-16)19(20)18-12-6-8-14-7-3-4-11-17(14)18/h3-5,7,9-11,13,18H,2,6,8,12H2,1H3. The van der Waals surface area contributed by atoms with Crippen LogP contribution in [0, 0.1) is 0 Å². The summed E-state index contributed by atoms with van der Waals surface area (Å²) < 4.78 is 5.50. The van der Waals surface area contributed by atoms with E-state index in [0.29, 0.717) is 6.61 Å². The summed E-state index contributed by atoms with van der Waals surface area (Å²) in [6.07, 6.45) is 3.10. The highest BCUT2D eigenvalue weighted by molar-refractivity contribution is 6.01. The summed E-state index contributed by atoms with van der Waals surface area (Å²) in [4.78, 5) is 12.9. The number of aryl methyl sites for hydroxylation is 1. The fourth-order valence-electron chi connectivity index (χ4n) is 3.13. The van der Waals surface area contributed by atoms with E-state index >= 15 is 0 Å². The Morgan fingerprint density at radius 1 is 1.19 bits per heavy atom. The Hall–Kier alpha value is -2.09. The molecule has 21 heavy (non-hydrogen) atoms. The van der Waals surface area contributed by atoms with Gasteiger partial charge >= 0.3 is 0 Å². The smallest absolute Gasteiger partial charge is 0.170 e. The fraction of sp³-hybridized carbons (Fsp3) is 0.316.